The molecular formula is C22H25ClN4O3. The van der Waals surface area contributed by atoms with Gasteiger partial charge in [-0.05, 0) is 56.4 Å². The molecule has 0 saturated carbocycles. The predicted octanol–water partition coefficient (Wildman–Crippen LogP) is 3.06. The molecule has 1 N–H and O–H groups in total. The molecule has 30 heavy (non-hydrogen) atoms. The van der Waals surface area contributed by atoms with Gasteiger partial charge in [0, 0.05) is 42.2 Å². The van der Waals surface area contributed by atoms with Gasteiger partial charge in [-0.3, -0.25) is 19.3 Å². The van der Waals surface area contributed by atoms with E-state index >= 15 is 0 Å². The number of likely N-dealkylation sites (tertiary alicyclic amines) is 1. The van der Waals surface area contributed by atoms with Gasteiger partial charge in [-0.15, -0.1) is 0 Å². The minimum atomic E-state index is -0.208. The van der Waals surface area contributed by atoms with Crippen LogP contribution in [0.3, 0.4) is 0 Å². The van der Waals surface area contributed by atoms with Gasteiger partial charge in [-0.2, -0.15) is 5.10 Å². The summed E-state index contributed by atoms with van der Waals surface area (Å²) in [5, 5.41) is 8.23. The highest BCUT2D eigenvalue weighted by atomic mass is 35.5. The number of hydrogen-bond donors (Lipinski definition) is 1. The van der Waals surface area contributed by atoms with E-state index in [1.165, 1.54) is 4.90 Å². The summed E-state index contributed by atoms with van der Waals surface area (Å²) in [6.45, 7) is 0.730. The van der Waals surface area contributed by atoms with Gasteiger partial charge in [0.2, 0.25) is 11.8 Å². The van der Waals surface area contributed by atoms with Crippen molar-refractivity contribution in [2.75, 3.05) is 13.1 Å². The summed E-state index contributed by atoms with van der Waals surface area (Å²) in [5.41, 5.74) is 3.47. The molecule has 1 aliphatic heterocycles. The third-order valence-corrected chi connectivity index (χ3v) is 5.97. The molecule has 1 aromatic heterocycles. The van der Waals surface area contributed by atoms with E-state index in [9.17, 15) is 14.4 Å². The van der Waals surface area contributed by atoms with Gasteiger partial charge in [-0.25, -0.2) is 4.68 Å². The van der Waals surface area contributed by atoms with Crippen molar-refractivity contribution in [2.45, 2.75) is 51.4 Å². The number of rotatable bonds is 6. The first-order valence-corrected chi connectivity index (χ1v) is 10.9. The minimum Gasteiger partial charge on any atom is -0.351 e. The van der Waals surface area contributed by atoms with Crippen LogP contribution in [0.25, 0.3) is 5.69 Å². The van der Waals surface area contributed by atoms with Crippen molar-refractivity contribution in [1.82, 2.24) is 20.0 Å². The smallest absolute Gasteiger partial charge is 0.272 e. The van der Waals surface area contributed by atoms with Crippen LogP contribution >= 0.6 is 11.6 Å². The number of fused-ring (bicyclic) bond motifs is 1. The van der Waals surface area contributed by atoms with E-state index in [1.54, 1.807) is 0 Å². The molecule has 3 amide bonds. The molecule has 8 heteroatoms. The Hall–Kier alpha value is -2.67. The van der Waals surface area contributed by atoms with Crippen LogP contribution in [0, 0.1) is 0 Å². The van der Waals surface area contributed by atoms with Crippen LogP contribution in [0.4, 0.5) is 0 Å². The summed E-state index contributed by atoms with van der Waals surface area (Å²) in [5.74, 6) is -0.461. The van der Waals surface area contributed by atoms with Crippen LogP contribution in [0.5, 0.6) is 0 Å². The second-order valence-electron chi connectivity index (χ2n) is 7.77. The maximum Gasteiger partial charge on any atom is 0.272 e. The molecule has 0 bridgehead atoms. The van der Waals surface area contributed by atoms with E-state index in [4.69, 9.17) is 11.6 Å². The van der Waals surface area contributed by atoms with Crippen LogP contribution in [-0.2, 0) is 22.4 Å². The number of halogens is 1. The van der Waals surface area contributed by atoms with E-state index in [-0.39, 0.29) is 17.7 Å². The SMILES string of the molecule is O=C(NCCCN1C(=O)CCC1=O)c1nn(-c2ccc(Cl)cc2)c2c1CCCCC2. The van der Waals surface area contributed by atoms with Crippen molar-refractivity contribution in [2.24, 2.45) is 0 Å². The van der Waals surface area contributed by atoms with Gasteiger partial charge < -0.3 is 5.32 Å². The van der Waals surface area contributed by atoms with Gasteiger partial charge in [0.25, 0.3) is 5.91 Å². The first-order valence-electron chi connectivity index (χ1n) is 10.5. The zero-order chi connectivity index (χ0) is 21.1. The molecule has 0 atom stereocenters. The Kier molecular flexibility index (Phi) is 6.18. The fraction of sp³-hybridized carbons (Fsp3) is 0.455. The molecule has 1 saturated heterocycles. The lowest BCUT2D eigenvalue weighted by Crippen LogP contribution is -2.33. The number of amides is 3. The Morgan fingerprint density at radius 3 is 2.43 bits per heavy atom. The number of aromatic nitrogens is 2. The Labute approximate surface area is 180 Å². The van der Waals surface area contributed by atoms with Gasteiger partial charge in [-0.1, -0.05) is 18.0 Å². The largest absolute Gasteiger partial charge is 0.351 e. The molecule has 2 heterocycles. The maximum atomic E-state index is 12.9. The zero-order valence-corrected chi connectivity index (χ0v) is 17.6. The first kappa shape index (κ1) is 20.6. The van der Waals surface area contributed by atoms with Crippen LogP contribution in [0.15, 0.2) is 24.3 Å². The highest BCUT2D eigenvalue weighted by Crippen LogP contribution is 2.27. The van der Waals surface area contributed by atoms with Crippen LogP contribution in [0.1, 0.15) is 60.3 Å². The number of benzene rings is 1. The fourth-order valence-electron chi connectivity index (χ4n) is 4.15. The summed E-state index contributed by atoms with van der Waals surface area (Å²) in [4.78, 5) is 37.5. The van der Waals surface area contributed by atoms with Crippen LogP contribution in [-0.4, -0.2) is 45.5 Å². The molecule has 1 aromatic carbocycles. The average Bonchev–Trinajstić information content (AvgIpc) is 3.14. The monoisotopic (exact) mass is 428 g/mol. The van der Waals surface area contributed by atoms with E-state index in [0.717, 1.165) is 49.0 Å². The second-order valence-corrected chi connectivity index (χ2v) is 8.21. The number of nitrogens with one attached hydrogen (secondary N) is 1. The van der Waals surface area contributed by atoms with Crippen molar-refractivity contribution >= 4 is 29.3 Å². The Balaban J connectivity index is 1.47. The molecule has 1 fully saturated rings. The lowest BCUT2D eigenvalue weighted by atomic mass is 10.1. The molecule has 7 nitrogen and oxygen atoms in total. The van der Waals surface area contributed by atoms with Gasteiger partial charge in [0.15, 0.2) is 5.69 Å². The number of carbonyl (C=O) groups is 3. The minimum absolute atomic E-state index is 0.127. The highest BCUT2D eigenvalue weighted by molar-refractivity contribution is 6.30. The molecule has 1 aliphatic carbocycles. The number of nitrogens with zero attached hydrogens (tertiary/aromatic N) is 3. The number of imide groups is 1. The molecule has 4 rings (SSSR count). The highest BCUT2D eigenvalue weighted by Gasteiger charge is 2.28. The zero-order valence-electron chi connectivity index (χ0n) is 16.8. The lowest BCUT2D eigenvalue weighted by Gasteiger charge is -2.13. The summed E-state index contributed by atoms with van der Waals surface area (Å²) in [6.07, 6.45) is 6.08. The van der Waals surface area contributed by atoms with Gasteiger partial charge >= 0.3 is 0 Å². The van der Waals surface area contributed by atoms with Crippen molar-refractivity contribution in [1.29, 1.82) is 0 Å². The molecule has 0 unspecified atom stereocenters. The summed E-state index contributed by atoms with van der Waals surface area (Å²) >= 11 is 6.02. The second kappa shape index (κ2) is 9.00. The molecular weight excluding hydrogens is 404 g/mol. The third kappa shape index (κ3) is 4.26. The average molecular weight is 429 g/mol. The fourth-order valence-corrected chi connectivity index (χ4v) is 4.28. The van der Waals surface area contributed by atoms with Crippen LogP contribution in [0.2, 0.25) is 5.02 Å². The van der Waals surface area contributed by atoms with E-state index in [1.807, 2.05) is 28.9 Å². The molecule has 2 aliphatic rings. The number of carbonyl (C=O) groups excluding carboxylic acids is 3. The molecule has 0 spiro atoms. The standard InChI is InChI=1S/C22H25ClN4O3/c23-15-7-9-16(10-8-15)27-18-6-3-1-2-5-17(18)21(25-27)22(30)24-13-4-14-26-19(28)11-12-20(26)29/h7-10H,1-6,11-14H2,(H,24,30). The number of hydrogen-bond acceptors (Lipinski definition) is 4. The summed E-state index contributed by atoms with van der Waals surface area (Å²) in [7, 11) is 0. The summed E-state index contributed by atoms with van der Waals surface area (Å²) < 4.78 is 1.87. The van der Waals surface area contributed by atoms with Crippen molar-refractivity contribution in [3.63, 3.8) is 0 Å². The van der Waals surface area contributed by atoms with E-state index in [2.05, 4.69) is 10.4 Å². The van der Waals surface area contributed by atoms with Crippen molar-refractivity contribution in [3.8, 4) is 5.69 Å². The predicted molar refractivity (Wildman–Crippen MR) is 113 cm³/mol. The maximum absolute atomic E-state index is 12.9. The van der Waals surface area contributed by atoms with Crippen LogP contribution < -0.4 is 5.32 Å². The quantitative estimate of drug-likeness (QED) is 0.435. The van der Waals surface area contributed by atoms with Crippen molar-refractivity contribution < 1.29 is 14.4 Å². The molecule has 0 radical (unpaired) electrons. The molecule has 2 aromatic rings. The Morgan fingerprint density at radius 2 is 1.70 bits per heavy atom. The van der Waals surface area contributed by atoms with E-state index < -0.39 is 0 Å². The van der Waals surface area contributed by atoms with E-state index in [0.29, 0.717) is 43.1 Å². The van der Waals surface area contributed by atoms with Gasteiger partial charge in [0.05, 0.1) is 5.69 Å². The third-order valence-electron chi connectivity index (χ3n) is 5.72. The topological polar surface area (TPSA) is 84.3 Å². The Bertz CT molecular complexity index is 952. The van der Waals surface area contributed by atoms with Crippen molar-refractivity contribution in [3.05, 3.63) is 46.2 Å². The Morgan fingerprint density at radius 1 is 1.00 bits per heavy atom. The summed E-state index contributed by atoms with van der Waals surface area (Å²) in [6, 6.07) is 7.46. The lowest BCUT2D eigenvalue weighted by molar-refractivity contribution is -0.138. The first-order chi connectivity index (χ1) is 14.5. The van der Waals surface area contributed by atoms with Gasteiger partial charge in [0.1, 0.15) is 0 Å². The molecule has 158 valence electrons. The normalized spacial score (nSPS) is 16.5.